The first-order valence-corrected chi connectivity index (χ1v) is 5.91. The molecule has 4 heteroatoms. The maximum absolute atomic E-state index is 5.44. The number of ether oxygens (including phenoxy) is 1. The fourth-order valence-corrected chi connectivity index (χ4v) is 1.29. The molecular weight excluding hydrogens is 256 g/mol. The molecule has 1 N–H and O–H groups in total. The Balaban J connectivity index is 2.12. The van der Waals surface area contributed by atoms with Crippen LogP contribution in [0.5, 0.6) is 0 Å². The smallest absolute Gasteiger partial charge is 0.126 e. The normalized spacial score (nSPS) is 10.7. The van der Waals surface area contributed by atoms with Gasteiger partial charge in [-0.25, -0.2) is 4.98 Å². The molecule has 0 amide bonds. The molecular formula is C11H17BrN2O. The van der Waals surface area contributed by atoms with E-state index in [1.807, 2.05) is 12.1 Å². The number of hydrogen-bond acceptors (Lipinski definition) is 3. The van der Waals surface area contributed by atoms with Crippen molar-refractivity contribution in [3.05, 3.63) is 22.8 Å². The summed E-state index contributed by atoms with van der Waals surface area (Å²) in [6.07, 6.45) is 1.78. The molecule has 84 valence electrons. The van der Waals surface area contributed by atoms with Gasteiger partial charge >= 0.3 is 0 Å². The highest BCUT2D eigenvalue weighted by Gasteiger charge is 1.95. The van der Waals surface area contributed by atoms with Crippen molar-refractivity contribution in [1.29, 1.82) is 0 Å². The third-order valence-corrected chi connectivity index (χ3v) is 2.20. The topological polar surface area (TPSA) is 34.1 Å². The van der Waals surface area contributed by atoms with Gasteiger partial charge in [-0.1, -0.05) is 13.8 Å². The van der Waals surface area contributed by atoms with Crippen molar-refractivity contribution in [1.82, 2.24) is 4.98 Å². The van der Waals surface area contributed by atoms with E-state index in [4.69, 9.17) is 4.74 Å². The summed E-state index contributed by atoms with van der Waals surface area (Å²) in [5.41, 5.74) is 0. The summed E-state index contributed by atoms with van der Waals surface area (Å²) in [7, 11) is 0. The van der Waals surface area contributed by atoms with E-state index in [-0.39, 0.29) is 0 Å². The molecule has 0 aliphatic heterocycles. The first-order chi connectivity index (χ1) is 7.18. The minimum absolute atomic E-state index is 0.593. The third-order valence-electron chi connectivity index (χ3n) is 1.73. The van der Waals surface area contributed by atoms with Gasteiger partial charge in [0.25, 0.3) is 0 Å². The summed E-state index contributed by atoms with van der Waals surface area (Å²) < 4.78 is 6.43. The number of halogens is 1. The average molecular weight is 273 g/mol. The van der Waals surface area contributed by atoms with E-state index >= 15 is 0 Å². The second-order valence-corrected chi connectivity index (χ2v) is 4.67. The van der Waals surface area contributed by atoms with Gasteiger partial charge in [0, 0.05) is 23.8 Å². The maximum Gasteiger partial charge on any atom is 0.126 e. The highest BCUT2D eigenvalue weighted by molar-refractivity contribution is 9.10. The molecule has 0 spiro atoms. The zero-order valence-corrected chi connectivity index (χ0v) is 10.8. The fourth-order valence-electron chi connectivity index (χ4n) is 1.05. The summed E-state index contributed by atoms with van der Waals surface area (Å²) >= 11 is 3.34. The molecule has 0 fully saturated rings. The van der Waals surface area contributed by atoms with E-state index in [1.165, 1.54) is 0 Å². The lowest BCUT2D eigenvalue weighted by molar-refractivity contribution is 0.118. The number of pyridine rings is 1. The van der Waals surface area contributed by atoms with Crippen LogP contribution in [-0.2, 0) is 4.74 Å². The molecule has 0 aromatic carbocycles. The first-order valence-electron chi connectivity index (χ1n) is 5.11. The molecule has 1 rings (SSSR count). The van der Waals surface area contributed by atoms with E-state index in [1.54, 1.807) is 6.20 Å². The van der Waals surface area contributed by atoms with Crippen LogP contribution in [-0.4, -0.2) is 24.7 Å². The second kappa shape index (κ2) is 6.80. The quantitative estimate of drug-likeness (QED) is 0.809. The Kier molecular flexibility index (Phi) is 5.65. The van der Waals surface area contributed by atoms with Gasteiger partial charge in [-0.05, 0) is 34.0 Å². The number of nitrogens with zero attached hydrogens (tertiary/aromatic N) is 1. The van der Waals surface area contributed by atoms with Gasteiger partial charge in [-0.2, -0.15) is 0 Å². The summed E-state index contributed by atoms with van der Waals surface area (Å²) in [6.45, 7) is 6.61. The standard InChI is InChI=1S/C11H17BrN2O/c1-9(2)8-15-6-5-13-11-4-3-10(12)7-14-11/h3-4,7,9H,5-6,8H2,1-2H3,(H,13,14). The van der Waals surface area contributed by atoms with Crippen LogP contribution in [0.1, 0.15) is 13.8 Å². The van der Waals surface area contributed by atoms with E-state index in [9.17, 15) is 0 Å². The van der Waals surface area contributed by atoms with Crippen molar-refractivity contribution in [2.45, 2.75) is 13.8 Å². The maximum atomic E-state index is 5.44. The molecule has 0 atom stereocenters. The molecule has 0 aliphatic carbocycles. The Morgan fingerprint density at radius 3 is 2.87 bits per heavy atom. The van der Waals surface area contributed by atoms with Crippen LogP contribution in [0.25, 0.3) is 0 Å². The predicted molar refractivity (Wildman–Crippen MR) is 66.1 cm³/mol. The monoisotopic (exact) mass is 272 g/mol. The van der Waals surface area contributed by atoms with Crippen LogP contribution in [0, 0.1) is 5.92 Å². The summed E-state index contributed by atoms with van der Waals surface area (Å²) in [6, 6.07) is 3.90. The van der Waals surface area contributed by atoms with Gasteiger partial charge in [-0.3, -0.25) is 0 Å². The minimum Gasteiger partial charge on any atom is -0.379 e. The van der Waals surface area contributed by atoms with Gasteiger partial charge < -0.3 is 10.1 Å². The lowest BCUT2D eigenvalue weighted by atomic mass is 10.2. The molecule has 1 heterocycles. The van der Waals surface area contributed by atoms with Crippen molar-refractivity contribution < 1.29 is 4.74 Å². The van der Waals surface area contributed by atoms with Gasteiger partial charge in [0.1, 0.15) is 5.82 Å². The van der Waals surface area contributed by atoms with Gasteiger partial charge in [-0.15, -0.1) is 0 Å². The van der Waals surface area contributed by atoms with Crippen molar-refractivity contribution in [2.24, 2.45) is 5.92 Å². The number of anilines is 1. The van der Waals surface area contributed by atoms with Crippen molar-refractivity contribution >= 4 is 21.7 Å². The van der Waals surface area contributed by atoms with Gasteiger partial charge in [0.2, 0.25) is 0 Å². The molecule has 0 radical (unpaired) electrons. The largest absolute Gasteiger partial charge is 0.379 e. The van der Waals surface area contributed by atoms with E-state index in [0.29, 0.717) is 5.92 Å². The molecule has 1 aromatic rings. The number of rotatable bonds is 6. The highest BCUT2D eigenvalue weighted by Crippen LogP contribution is 2.09. The molecule has 0 saturated carbocycles. The van der Waals surface area contributed by atoms with E-state index < -0.39 is 0 Å². The molecule has 1 aromatic heterocycles. The lowest BCUT2D eigenvalue weighted by Gasteiger charge is -2.08. The first kappa shape index (κ1) is 12.5. The second-order valence-electron chi connectivity index (χ2n) is 3.76. The van der Waals surface area contributed by atoms with Crippen molar-refractivity contribution in [3.8, 4) is 0 Å². The van der Waals surface area contributed by atoms with Crippen LogP contribution in [0.15, 0.2) is 22.8 Å². The highest BCUT2D eigenvalue weighted by atomic mass is 79.9. The molecule has 3 nitrogen and oxygen atoms in total. The van der Waals surface area contributed by atoms with Gasteiger partial charge in [0.05, 0.1) is 6.61 Å². The molecule has 0 bridgehead atoms. The van der Waals surface area contributed by atoms with Crippen LogP contribution in [0.3, 0.4) is 0 Å². The lowest BCUT2D eigenvalue weighted by Crippen LogP contribution is -2.12. The summed E-state index contributed by atoms with van der Waals surface area (Å²) in [4.78, 5) is 4.20. The number of nitrogens with one attached hydrogen (secondary N) is 1. The Hall–Kier alpha value is -0.610. The van der Waals surface area contributed by atoms with Crippen molar-refractivity contribution in [2.75, 3.05) is 25.1 Å². The van der Waals surface area contributed by atoms with Crippen LogP contribution in [0.4, 0.5) is 5.82 Å². The SMILES string of the molecule is CC(C)COCCNc1ccc(Br)cn1. The number of hydrogen-bond donors (Lipinski definition) is 1. The van der Waals surface area contributed by atoms with Crippen molar-refractivity contribution in [3.63, 3.8) is 0 Å². The zero-order chi connectivity index (χ0) is 11.1. The predicted octanol–water partition coefficient (Wildman–Crippen LogP) is 2.93. The van der Waals surface area contributed by atoms with Gasteiger partial charge in [0.15, 0.2) is 0 Å². The summed E-state index contributed by atoms with van der Waals surface area (Å²) in [5.74, 6) is 1.47. The molecule has 0 unspecified atom stereocenters. The Morgan fingerprint density at radius 2 is 2.27 bits per heavy atom. The Bertz CT molecular complexity index is 274. The molecule has 0 saturated heterocycles. The van der Waals surface area contributed by atoms with E-state index in [0.717, 1.165) is 30.0 Å². The zero-order valence-electron chi connectivity index (χ0n) is 9.16. The molecule has 15 heavy (non-hydrogen) atoms. The Morgan fingerprint density at radius 1 is 1.47 bits per heavy atom. The average Bonchev–Trinajstić information content (AvgIpc) is 2.20. The Labute approximate surface area is 99.4 Å². The van der Waals surface area contributed by atoms with Crippen LogP contribution < -0.4 is 5.32 Å². The van der Waals surface area contributed by atoms with Crippen LogP contribution >= 0.6 is 15.9 Å². The molecule has 0 aliphatic rings. The minimum atomic E-state index is 0.593. The summed E-state index contributed by atoms with van der Waals surface area (Å²) in [5, 5.41) is 3.19. The van der Waals surface area contributed by atoms with Crippen LogP contribution in [0.2, 0.25) is 0 Å². The fraction of sp³-hybridized carbons (Fsp3) is 0.545. The van der Waals surface area contributed by atoms with E-state index in [2.05, 4.69) is 40.1 Å². The third kappa shape index (κ3) is 5.74. The number of aromatic nitrogens is 1.